The number of hydrogen-bond donors (Lipinski definition) is 2. The molecule has 13 heavy (non-hydrogen) atoms. The van der Waals surface area contributed by atoms with Crippen LogP contribution in [0.4, 0.5) is 0 Å². The van der Waals surface area contributed by atoms with Gasteiger partial charge in [-0.1, -0.05) is 11.6 Å². The maximum absolute atomic E-state index is 11.2. The molecular formula is C8H9ClN2O2. The molecule has 1 amide bonds. The van der Waals surface area contributed by atoms with E-state index in [0.29, 0.717) is 16.3 Å². The average Bonchev–Trinajstić information content (AvgIpc) is 2.16. The summed E-state index contributed by atoms with van der Waals surface area (Å²) in [4.78, 5) is 11.2. The first-order valence-electron chi connectivity index (χ1n) is 3.53. The minimum absolute atomic E-state index is 0.317. The second-order valence-corrected chi connectivity index (χ2v) is 2.75. The zero-order valence-corrected chi connectivity index (χ0v) is 7.76. The van der Waals surface area contributed by atoms with Crippen molar-refractivity contribution < 1.29 is 9.53 Å². The van der Waals surface area contributed by atoms with Gasteiger partial charge in [-0.2, -0.15) is 0 Å². The lowest BCUT2D eigenvalue weighted by Gasteiger charge is -2.06. The van der Waals surface area contributed by atoms with Crippen LogP contribution in [0.3, 0.4) is 0 Å². The minimum Gasteiger partial charge on any atom is -0.496 e. The molecule has 0 unspecified atom stereocenters. The molecule has 0 bridgehead atoms. The summed E-state index contributed by atoms with van der Waals surface area (Å²) >= 11 is 5.70. The lowest BCUT2D eigenvalue weighted by Crippen LogP contribution is -2.30. The predicted octanol–water partition coefficient (Wildman–Crippen LogP) is 0.952. The highest BCUT2D eigenvalue weighted by Crippen LogP contribution is 2.21. The Morgan fingerprint density at radius 3 is 2.85 bits per heavy atom. The molecule has 3 N–H and O–H groups in total. The van der Waals surface area contributed by atoms with Gasteiger partial charge in [0.15, 0.2) is 0 Å². The first kappa shape index (κ1) is 9.83. The standard InChI is InChI=1S/C8H9ClN2O2/c1-13-7-3-2-5(9)4-6(7)8(12)11-10/h2-4H,10H2,1H3,(H,11,12). The van der Waals surface area contributed by atoms with Gasteiger partial charge in [0.1, 0.15) is 5.75 Å². The van der Waals surface area contributed by atoms with Crippen LogP contribution >= 0.6 is 11.6 Å². The van der Waals surface area contributed by atoms with Crippen molar-refractivity contribution in [2.24, 2.45) is 5.84 Å². The van der Waals surface area contributed by atoms with E-state index < -0.39 is 5.91 Å². The highest BCUT2D eigenvalue weighted by atomic mass is 35.5. The summed E-state index contributed by atoms with van der Waals surface area (Å²) in [5.74, 6) is 4.99. The molecular weight excluding hydrogens is 192 g/mol. The van der Waals surface area contributed by atoms with Crippen LogP contribution in [0.1, 0.15) is 10.4 Å². The smallest absolute Gasteiger partial charge is 0.268 e. The van der Waals surface area contributed by atoms with Gasteiger partial charge in [0, 0.05) is 5.02 Å². The molecule has 0 aromatic heterocycles. The molecule has 0 atom stereocenters. The number of nitrogens with one attached hydrogen (secondary N) is 1. The molecule has 0 aliphatic rings. The molecule has 5 heteroatoms. The fourth-order valence-electron chi connectivity index (χ4n) is 0.935. The fourth-order valence-corrected chi connectivity index (χ4v) is 1.11. The maximum atomic E-state index is 11.2. The molecule has 1 aromatic carbocycles. The van der Waals surface area contributed by atoms with Crippen LogP contribution in [0.25, 0.3) is 0 Å². The van der Waals surface area contributed by atoms with Crippen molar-refractivity contribution in [2.45, 2.75) is 0 Å². The lowest BCUT2D eigenvalue weighted by atomic mass is 10.2. The third-order valence-electron chi connectivity index (χ3n) is 1.54. The quantitative estimate of drug-likeness (QED) is 0.425. The van der Waals surface area contributed by atoms with Crippen molar-refractivity contribution in [2.75, 3.05) is 7.11 Å². The zero-order chi connectivity index (χ0) is 9.84. The summed E-state index contributed by atoms with van der Waals surface area (Å²) in [5.41, 5.74) is 2.32. The number of carbonyl (C=O) groups is 1. The number of nitrogen functional groups attached to an aromatic ring is 1. The summed E-state index contributed by atoms with van der Waals surface area (Å²) in [5, 5.41) is 0.458. The Balaban J connectivity index is 3.15. The van der Waals surface area contributed by atoms with E-state index in [2.05, 4.69) is 0 Å². The number of benzene rings is 1. The van der Waals surface area contributed by atoms with Gasteiger partial charge in [0.25, 0.3) is 5.91 Å². The monoisotopic (exact) mass is 200 g/mol. The fraction of sp³-hybridized carbons (Fsp3) is 0.125. The van der Waals surface area contributed by atoms with Crippen molar-refractivity contribution in [3.63, 3.8) is 0 Å². The van der Waals surface area contributed by atoms with Gasteiger partial charge in [-0.3, -0.25) is 10.2 Å². The minimum atomic E-state index is -0.431. The number of methoxy groups -OCH3 is 1. The molecule has 0 radical (unpaired) electrons. The Hall–Kier alpha value is -1.26. The molecule has 0 aliphatic heterocycles. The largest absolute Gasteiger partial charge is 0.496 e. The van der Waals surface area contributed by atoms with Crippen LogP contribution in [0, 0.1) is 0 Å². The Kier molecular flexibility index (Phi) is 3.11. The third kappa shape index (κ3) is 2.11. The van der Waals surface area contributed by atoms with Crippen LogP contribution in [0.2, 0.25) is 5.02 Å². The van der Waals surface area contributed by atoms with Gasteiger partial charge >= 0.3 is 0 Å². The Bertz CT molecular complexity index is 328. The van der Waals surface area contributed by atoms with Gasteiger partial charge in [-0.15, -0.1) is 0 Å². The van der Waals surface area contributed by atoms with Crippen LogP contribution in [0.5, 0.6) is 5.75 Å². The highest BCUT2D eigenvalue weighted by molar-refractivity contribution is 6.31. The number of carbonyl (C=O) groups excluding carboxylic acids is 1. The van der Waals surface area contributed by atoms with Gasteiger partial charge in [-0.25, -0.2) is 5.84 Å². The van der Waals surface area contributed by atoms with E-state index in [9.17, 15) is 4.79 Å². The maximum Gasteiger partial charge on any atom is 0.268 e. The molecule has 1 rings (SSSR count). The third-order valence-corrected chi connectivity index (χ3v) is 1.77. The van der Waals surface area contributed by atoms with E-state index in [1.807, 2.05) is 5.43 Å². The van der Waals surface area contributed by atoms with Crippen LogP contribution in [-0.4, -0.2) is 13.0 Å². The second kappa shape index (κ2) is 4.11. The summed E-state index contributed by atoms with van der Waals surface area (Å²) in [6, 6.07) is 4.73. The number of halogens is 1. The summed E-state index contributed by atoms with van der Waals surface area (Å²) in [6.45, 7) is 0. The SMILES string of the molecule is COc1ccc(Cl)cc1C(=O)NN. The van der Waals surface area contributed by atoms with Crippen LogP contribution < -0.4 is 16.0 Å². The molecule has 0 fully saturated rings. The number of nitrogens with two attached hydrogens (primary N) is 1. The van der Waals surface area contributed by atoms with E-state index in [1.165, 1.54) is 13.2 Å². The first-order chi connectivity index (χ1) is 6.19. The topological polar surface area (TPSA) is 64.3 Å². The number of amides is 1. The first-order valence-corrected chi connectivity index (χ1v) is 3.91. The number of ether oxygens (including phenoxy) is 1. The van der Waals surface area contributed by atoms with Gasteiger partial charge in [0.2, 0.25) is 0 Å². The number of hydrazine groups is 1. The zero-order valence-electron chi connectivity index (χ0n) is 7.00. The molecule has 1 aromatic rings. The van der Waals surface area contributed by atoms with Gasteiger partial charge in [0.05, 0.1) is 12.7 Å². The van der Waals surface area contributed by atoms with Crippen molar-refractivity contribution in [1.82, 2.24) is 5.43 Å². The van der Waals surface area contributed by atoms with E-state index in [-0.39, 0.29) is 0 Å². The van der Waals surface area contributed by atoms with Crippen molar-refractivity contribution in [3.8, 4) is 5.75 Å². The van der Waals surface area contributed by atoms with Crippen molar-refractivity contribution in [3.05, 3.63) is 28.8 Å². The van der Waals surface area contributed by atoms with Crippen LogP contribution in [-0.2, 0) is 0 Å². The molecule has 0 spiro atoms. The highest BCUT2D eigenvalue weighted by Gasteiger charge is 2.10. The molecule has 4 nitrogen and oxygen atoms in total. The second-order valence-electron chi connectivity index (χ2n) is 2.32. The molecule has 0 heterocycles. The average molecular weight is 201 g/mol. The summed E-state index contributed by atoms with van der Waals surface area (Å²) in [6.07, 6.45) is 0. The van der Waals surface area contributed by atoms with E-state index in [4.69, 9.17) is 22.2 Å². The lowest BCUT2D eigenvalue weighted by molar-refractivity contribution is 0.0950. The normalized spacial score (nSPS) is 9.46. The van der Waals surface area contributed by atoms with Crippen molar-refractivity contribution in [1.29, 1.82) is 0 Å². The Labute approximate surface area is 80.6 Å². The predicted molar refractivity (Wildman–Crippen MR) is 49.7 cm³/mol. The molecule has 0 aliphatic carbocycles. The van der Waals surface area contributed by atoms with E-state index >= 15 is 0 Å². The van der Waals surface area contributed by atoms with E-state index in [1.54, 1.807) is 12.1 Å². The van der Waals surface area contributed by atoms with E-state index in [0.717, 1.165) is 0 Å². The van der Waals surface area contributed by atoms with Crippen LogP contribution in [0.15, 0.2) is 18.2 Å². The van der Waals surface area contributed by atoms with Crippen molar-refractivity contribution >= 4 is 17.5 Å². The number of hydrogen-bond acceptors (Lipinski definition) is 3. The Morgan fingerprint density at radius 1 is 1.62 bits per heavy atom. The summed E-state index contributed by atoms with van der Waals surface area (Å²) < 4.78 is 4.95. The van der Waals surface area contributed by atoms with Gasteiger partial charge in [-0.05, 0) is 18.2 Å². The van der Waals surface area contributed by atoms with Gasteiger partial charge < -0.3 is 4.74 Å². The summed E-state index contributed by atoms with van der Waals surface area (Å²) in [7, 11) is 1.47. The Morgan fingerprint density at radius 2 is 2.31 bits per heavy atom. The number of rotatable bonds is 2. The molecule has 0 saturated carbocycles. The molecule has 70 valence electrons. The molecule has 0 saturated heterocycles.